The third-order valence-electron chi connectivity index (χ3n) is 6.04. The Morgan fingerprint density at radius 2 is 2.04 bits per heavy atom. The van der Waals surface area contributed by atoms with Crippen molar-refractivity contribution >= 4 is 22.7 Å². The Kier molecular flexibility index (Phi) is 4.11. The van der Waals surface area contributed by atoms with Crippen LogP contribution >= 0.6 is 11.3 Å². The van der Waals surface area contributed by atoms with E-state index in [4.69, 9.17) is 4.99 Å². The summed E-state index contributed by atoms with van der Waals surface area (Å²) in [6.45, 7) is -1.18. The van der Waals surface area contributed by atoms with Crippen LogP contribution in [0.25, 0.3) is 5.57 Å². The molecule has 1 aliphatic carbocycles. The van der Waals surface area contributed by atoms with Crippen LogP contribution in [0.15, 0.2) is 34.7 Å². The molecule has 2 aromatic heterocycles. The van der Waals surface area contributed by atoms with Gasteiger partial charge in [0.05, 0.1) is 12.7 Å². The van der Waals surface area contributed by atoms with Crippen LogP contribution in [0.2, 0.25) is 0 Å². The number of allylic oxidation sites excluding steroid dienone is 1. The highest BCUT2D eigenvalue weighted by atomic mass is 32.1. The summed E-state index contributed by atoms with van der Waals surface area (Å²) < 4.78 is 26.7. The predicted octanol–water partition coefficient (Wildman–Crippen LogP) is 4.56. The van der Waals surface area contributed by atoms with Crippen molar-refractivity contribution in [3.05, 3.63) is 40.2 Å². The third kappa shape index (κ3) is 2.90. The Bertz CT molecular complexity index is 893. The summed E-state index contributed by atoms with van der Waals surface area (Å²) in [6.07, 6.45) is 12.1. The van der Waals surface area contributed by atoms with Crippen LogP contribution < -0.4 is 0 Å². The topological polar surface area (TPSA) is 46.3 Å². The molecule has 0 bridgehead atoms. The highest BCUT2D eigenvalue weighted by molar-refractivity contribution is 7.11. The van der Waals surface area contributed by atoms with Crippen molar-refractivity contribution in [3.8, 4) is 0 Å². The average Bonchev–Trinajstić information content (AvgIpc) is 3.41. The fourth-order valence-electron chi connectivity index (χ4n) is 4.75. The summed E-state index contributed by atoms with van der Waals surface area (Å²) in [4.78, 5) is 11.6. The van der Waals surface area contributed by atoms with Crippen molar-refractivity contribution in [1.29, 1.82) is 0 Å². The van der Waals surface area contributed by atoms with E-state index >= 15 is 0 Å². The molecule has 3 aliphatic rings. The van der Waals surface area contributed by atoms with E-state index in [0.29, 0.717) is 6.54 Å². The van der Waals surface area contributed by atoms with E-state index in [1.54, 1.807) is 23.7 Å². The molecule has 0 unspecified atom stereocenters. The number of aromatic nitrogens is 3. The Morgan fingerprint density at radius 3 is 2.74 bits per heavy atom. The SMILES string of the molecule is FC(F)n1cc(C2=C3CC4(CCCCC4)CN3C(c3nccs3)=NC2)cn1. The van der Waals surface area contributed by atoms with Gasteiger partial charge in [0.25, 0.3) is 0 Å². The first-order valence-electron chi connectivity index (χ1n) is 9.42. The molecule has 2 aromatic rings. The van der Waals surface area contributed by atoms with Gasteiger partial charge in [-0.05, 0) is 24.7 Å². The molecule has 1 spiro atoms. The van der Waals surface area contributed by atoms with E-state index in [0.717, 1.165) is 39.6 Å². The molecule has 4 heterocycles. The lowest BCUT2D eigenvalue weighted by Gasteiger charge is -2.33. The summed E-state index contributed by atoms with van der Waals surface area (Å²) in [5.41, 5.74) is 3.29. The lowest BCUT2D eigenvalue weighted by molar-refractivity contribution is 0.0566. The lowest BCUT2D eigenvalue weighted by atomic mass is 9.73. The fraction of sp³-hybridized carbons (Fsp3) is 0.526. The zero-order chi connectivity index (χ0) is 18.4. The highest BCUT2D eigenvalue weighted by Gasteiger charge is 2.45. The van der Waals surface area contributed by atoms with E-state index in [-0.39, 0.29) is 5.41 Å². The third-order valence-corrected chi connectivity index (χ3v) is 6.81. The largest absolute Gasteiger partial charge is 0.333 e. The van der Waals surface area contributed by atoms with Crippen molar-refractivity contribution in [2.45, 2.75) is 45.1 Å². The van der Waals surface area contributed by atoms with Crippen LogP contribution in [-0.4, -0.2) is 38.6 Å². The standard InChI is InChI=1S/C19H21F2N5S/c20-18(21)26-11-13(9-24-26)14-10-23-16(17-22-6-7-27-17)25-12-19(8-15(14)25)4-2-1-3-5-19/h6-7,9,11,18H,1-5,8,10,12H2. The second kappa shape index (κ2) is 6.51. The number of hydrogen-bond acceptors (Lipinski definition) is 5. The molecule has 5 rings (SSSR count). The van der Waals surface area contributed by atoms with Crippen molar-refractivity contribution < 1.29 is 8.78 Å². The van der Waals surface area contributed by atoms with E-state index < -0.39 is 6.55 Å². The van der Waals surface area contributed by atoms with Gasteiger partial charge in [0.1, 0.15) is 0 Å². The second-order valence-electron chi connectivity index (χ2n) is 7.71. The molecule has 5 nitrogen and oxygen atoms in total. The molecule has 8 heteroatoms. The zero-order valence-electron chi connectivity index (χ0n) is 14.9. The van der Waals surface area contributed by atoms with Crippen molar-refractivity contribution in [2.75, 3.05) is 13.1 Å². The van der Waals surface area contributed by atoms with Crippen molar-refractivity contribution in [2.24, 2.45) is 10.4 Å². The van der Waals surface area contributed by atoms with Gasteiger partial charge < -0.3 is 4.90 Å². The van der Waals surface area contributed by atoms with Crippen LogP contribution in [-0.2, 0) is 0 Å². The van der Waals surface area contributed by atoms with E-state index in [1.807, 2.05) is 5.38 Å². The summed E-state index contributed by atoms with van der Waals surface area (Å²) in [6, 6.07) is 0. The quantitative estimate of drug-likeness (QED) is 0.773. The molecular weight excluding hydrogens is 368 g/mol. The maximum atomic E-state index is 13.0. The number of fused-ring (bicyclic) bond motifs is 1. The molecule has 27 heavy (non-hydrogen) atoms. The summed E-state index contributed by atoms with van der Waals surface area (Å²) in [7, 11) is 0. The van der Waals surface area contributed by atoms with Gasteiger partial charge in [-0.25, -0.2) is 9.67 Å². The van der Waals surface area contributed by atoms with E-state index in [1.165, 1.54) is 44.0 Å². The summed E-state index contributed by atoms with van der Waals surface area (Å²) >= 11 is 1.60. The van der Waals surface area contributed by atoms with Gasteiger partial charge in [-0.3, -0.25) is 4.99 Å². The number of hydrogen-bond donors (Lipinski definition) is 0. The molecule has 0 atom stereocenters. The van der Waals surface area contributed by atoms with Gasteiger partial charge in [-0.1, -0.05) is 19.3 Å². The number of nitrogens with zero attached hydrogens (tertiary/aromatic N) is 5. The molecule has 2 aliphatic heterocycles. The summed E-state index contributed by atoms with van der Waals surface area (Å²) in [5, 5.41) is 6.73. The van der Waals surface area contributed by atoms with Crippen LogP contribution in [0.1, 0.15) is 55.6 Å². The average molecular weight is 389 g/mol. The van der Waals surface area contributed by atoms with Crippen molar-refractivity contribution in [3.63, 3.8) is 0 Å². The molecule has 0 aromatic carbocycles. The van der Waals surface area contributed by atoms with Gasteiger partial charge in [-0.2, -0.15) is 13.9 Å². The number of rotatable bonds is 3. The van der Waals surface area contributed by atoms with Crippen LogP contribution in [0.3, 0.4) is 0 Å². The smallest absolute Gasteiger partial charge is 0.327 e. The van der Waals surface area contributed by atoms with Crippen molar-refractivity contribution in [1.82, 2.24) is 19.7 Å². The number of halogens is 2. The number of amidine groups is 1. The Labute approximate surface area is 160 Å². The molecule has 1 saturated heterocycles. The molecule has 2 fully saturated rings. The van der Waals surface area contributed by atoms with Gasteiger partial charge in [0, 0.05) is 41.2 Å². The second-order valence-corrected chi connectivity index (χ2v) is 8.61. The maximum absolute atomic E-state index is 13.0. The Morgan fingerprint density at radius 1 is 1.19 bits per heavy atom. The number of thiazole rings is 1. The molecule has 0 N–H and O–H groups in total. The van der Waals surface area contributed by atoms with E-state index in [9.17, 15) is 8.78 Å². The van der Waals surface area contributed by atoms with Crippen LogP contribution in [0, 0.1) is 5.41 Å². The Hall–Kier alpha value is -2.09. The van der Waals surface area contributed by atoms with Gasteiger partial charge >= 0.3 is 6.55 Å². The minimum atomic E-state index is -2.62. The molecular formula is C19H21F2N5S. The highest BCUT2D eigenvalue weighted by Crippen LogP contribution is 2.50. The zero-order valence-corrected chi connectivity index (χ0v) is 15.8. The first-order valence-corrected chi connectivity index (χ1v) is 10.3. The maximum Gasteiger partial charge on any atom is 0.333 e. The monoisotopic (exact) mass is 389 g/mol. The molecule has 142 valence electrons. The first kappa shape index (κ1) is 17.0. The predicted molar refractivity (Wildman–Crippen MR) is 101 cm³/mol. The van der Waals surface area contributed by atoms with Gasteiger partial charge in [-0.15, -0.1) is 11.3 Å². The minimum absolute atomic E-state index is 0.278. The molecule has 0 amide bonds. The van der Waals surface area contributed by atoms with E-state index in [2.05, 4.69) is 15.0 Å². The summed E-state index contributed by atoms with van der Waals surface area (Å²) in [5.74, 6) is 0.937. The molecule has 1 saturated carbocycles. The normalized spacial score (nSPS) is 21.9. The van der Waals surface area contributed by atoms with Crippen LogP contribution in [0.4, 0.5) is 8.78 Å². The number of aliphatic imine (C=N–C) groups is 1. The van der Waals surface area contributed by atoms with Crippen LogP contribution in [0.5, 0.6) is 0 Å². The van der Waals surface area contributed by atoms with Gasteiger partial charge in [0.2, 0.25) is 0 Å². The fourth-order valence-corrected chi connectivity index (χ4v) is 5.40. The molecule has 0 radical (unpaired) electrons. The first-order chi connectivity index (χ1) is 13.2. The van der Waals surface area contributed by atoms with Gasteiger partial charge in [0.15, 0.2) is 10.8 Å². The number of alkyl halides is 2. The lowest BCUT2D eigenvalue weighted by Crippen LogP contribution is -2.35. The minimum Gasteiger partial charge on any atom is -0.327 e. The Balaban J connectivity index is 1.56.